The number of rotatable bonds is 4. The lowest BCUT2D eigenvalue weighted by Crippen LogP contribution is -2.38. The molecule has 0 radical (unpaired) electrons. The van der Waals surface area contributed by atoms with Gasteiger partial charge >= 0.3 is 0 Å². The third-order valence-corrected chi connectivity index (χ3v) is 5.75. The van der Waals surface area contributed by atoms with Crippen LogP contribution in [-0.4, -0.2) is 46.3 Å². The number of anilines is 2. The van der Waals surface area contributed by atoms with Gasteiger partial charge in [-0.2, -0.15) is 4.31 Å². The number of aromatic amines is 1. The number of nitrogens with zero attached hydrogens (tertiary/aromatic N) is 3. The minimum atomic E-state index is -3.49. The normalized spacial score (nSPS) is 14.7. The highest BCUT2D eigenvalue weighted by molar-refractivity contribution is 7.88. The van der Waals surface area contributed by atoms with Crippen molar-refractivity contribution in [2.75, 3.05) is 18.1 Å². The number of hydrogen-bond donors (Lipinski definition) is 2. The van der Waals surface area contributed by atoms with Crippen LogP contribution < -0.4 is 5.32 Å². The van der Waals surface area contributed by atoms with Crippen molar-refractivity contribution in [1.29, 1.82) is 0 Å². The molecule has 1 aliphatic rings. The van der Waals surface area contributed by atoms with E-state index < -0.39 is 10.0 Å². The number of Topliss-reactive ketones (excluding diaryl/α,β-unsaturated/α-hetero) is 1. The van der Waals surface area contributed by atoms with Gasteiger partial charge in [-0.25, -0.2) is 18.4 Å². The summed E-state index contributed by atoms with van der Waals surface area (Å²) in [5, 5.41) is 3.30. The number of aromatic nitrogens is 3. The smallest absolute Gasteiger partial charge is 0.211 e. The molecule has 0 atom stereocenters. The molecule has 0 saturated carbocycles. The Morgan fingerprint density at radius 3 is 2.57 bits per heavy atom. The molecule has 0 unspecified atom stereocenters. The van der Waals surface area contributed by atoms with E-state index in [9.17, 15) is 13.2 Å². The maximum atomic E-state index is 12.9. The van der Waals surface area contributed by atoms with Crippen LogP contribution >= 0.6 is 0 Å². The molecule has 2 aromatic heterocycles. The topological polar surface area (TPSA) is 108 Å². The van der Waals surface area contributed by atoms with Crippen molar-refractivity contribution in [3.63, 3.8) is 0 Å². The van der Waals surface area contributed by atoms with Gasteiger partial charge < -0.3 is 10.3 Å². The van der Waals surface area contributed by atoms with Gasteiger partial charge in [0.05, 0.1) is 42.0 Å². The van der Waals surface area contributed by atoms with Crippen molar-refractivity contribution in [3.8, 4) is 11.4 Å². The molecule has 1 aliphatic heterocycles. The summed E-state index contributed by atoms with van der Waals surface area (Å²) in [5.74, 6) is 0.332. The molecule has 0 fully saturated rings. The molecule has 3 aromatic rings. The number of H-pyrrole nitrogens is 1. The minimum absolute atomic E-state index is 0.105. The lowest BCUT2D eigenvalue weighted by atomic mass is 10.0. The molecule has 0 amide bonds. The Hall–Kier alpha value is -3.04. The number of nitrogens with one attached hydrogen (secondary N) is 2. The molecule has 0 aliphatic carbocycles. The van der Waals surface area contributed by atoms with Gasteiger partial charge in [-0.1, -0.05) is 18.2 Å². The van der Waals surface area contributed by atoms with Crippen molar-refractivity contribution in [2.45, 2.75) is 13.5 Å². The van der Waals surface area contributed by atoms with Crippen molar-refractivity contribution in [2.24, 2.45) is 0 Å². The minimum Gasteiger partial charge on any atom is -0.354 e. The van der Waals surface area contributed by atoms with E-state index >= 15 is 0 Å². The Morgan fingerprint density at radius 2 is 1.89 bits per heavy atom. The fourth-order valence-electron chi connectivity index (χ4n) is 3.26. The Balaban J connectivity index is 1.88. The number of carbonyl (C=O) groups excluding carboxylic acids is 1. The van der Waals surface area contributed by atoms with Crippen LogP contribution in [0, 0.1) is 6.92 Å². The Bertz CT molecular complexity index is 1160. The zero-order valence-electron chi connectivity index (χ0n) is 15.4. The first-order valence-electron chi connectivity index (χ1n) is 8.68. The van der Waals surface area contributed by atoms with E-state index in [1.807, 2.05) is 30.3 Å². The van der Waals surface area contributed by atoms with Crippen LogP contribution in [-0.2, 0) is 16.6 Å². The number of para-hydroxylation sites is 1. The van der Waals surface area contributed by atoms with Crippen LogP contribution in [0.15, 0.2) is 42.6 Å². The van der Waals surface area contributed by atoms with Crippen molar-refractivity contribution in [3.05, 3.63) is 59.7 Å². The van der Waals surface area contributed by atoms with Crippen LogP contribution in [0.4, 0.5) is 11.4 Å². The lowest BCUT2D eigenvalue weighted by Gasteiger charge is -2.24. The number of ketones is 1. The second kappa shape index (κ2) is 6.84. The number of fused-ring (bicyclic) bond motifs is 1. The van der Waals surface area contributed by atoms with Gasteiger partial charge in [0.25, 0.3) is 0 Å². The molecule has 0 spiro atoms. The van der Waals surface area contributed by atoms with Crippen molar-refractivity contribution >= 4 is 27.2 Å². The fourth-order valence-corrected chi connectivity index (χ4v) is 3.98. The summed E-state index contributed by atoms with van der Waals surface area (Å²) < 4.78 is 25.1. The van der Waals surface area contributed by atoms with Crippen molar-refractivity contribution in [1.82, 2.24) is 19.3 Å². The first-order chi connectivity index (χ1) is 13.3. The van der Waals surface area contributed by atoms with Gasteiger partial charge in [0.1, 0.15) is 5.82 Å². The van der Waals surface area contributed by atoms with Gasteiger partial charge in [-0.3, -0.25) is 4.79 Å². The molecule has 3 heterocycles. The second-order valence-corrected chi connectivity index (χ2v) is 8.65. The highest BCUT2D eigenvalue weighted by Crippen LogP contribution is 2.37. The molecule has 8 nitrogen and oxygen atoms in total. The molecule has 144 valence electrons. The highest BCUT2D eigenvalue weighted by Gasteiger charge is 2.34. The molecule has 4 rings (SSSR count). The number of sulfonamides is 1. The van der Waals surface area contributed by atoms with Gasteiger partial charge in [0.15, 0.2) is 5.78 Å². The summed E-state index contributed by atoms with van der Waals surface area (Å²) in [6, 6.07) is 11.2. The molecule has 28 heavy (non-hydrogen) atoms. The van der Waals surface area contributed by atoms with E-state index in [1.165, 1.54) is 0 Å². The number of benzene rings is 1. The van der Waals surface area contributed by atoms with Gasteiger partial charge in [-0.05, 0) is 25.1 Å². The van der Waals surface area contributed by atoms with Crippen molar-refractivity contribution < 1.29 is 13.2 Å². The molecule has 0 bridgehead atoms. The quantitative estimate of drug-likeness (QED) is 0.700. The van der Waals surface area contributed by atoms with Gasteiger partial charge in [-0.15, -0.1) is 0 Å². The van der Waals surface area contributed by atoms with Gasteiger partial charge in [0.2, 0.25) is 10.0 Å². The molecular formula is C19H19N5O3S. The zero-order chi connectivity index (χ0) is 19.9. The average molecular weight is 397 g/mol. The fraction of sp³-hybridized carbons (Fsp3) is 0.211. The maximum absolute atomic E-state index is 12.9. The van der Waals surface area contributed by atoms with E-state index in [1.54, 1.807) is 19.2 Å². The summed E-state index contributed by atoms with van der Waals surface area (Å²) in [6.07, 6.45) is 2.75. The SMILES string of the molecule is Cc1nccc(-c2[nH]c3c(c2Nc2ccccc2)C(=O)CN(S(C)(=O)=O)C3)n1. The number of carbonyl (C=O) groups is 1. The van der Waals surface area contributed by atoms with Crippen LogP contribution in [0.1, 0.15) is 21.9 Å². The van der Waals surface area contributed by atoms with Crippen LogP contribution in [0.2, 0.25) is 0 Å². The second-order valence-electron chi connectivity index (χ2n) is 6.66. The van der Waals surface area contributed by atoms with E-state index in [0.29, 0.717) is 34.2 Å². The predicted octanol–water partition coefficient (Wildman–Crippen LogP) is 2.48. The number of aryl methyl sites for hydroxylation is 1. The van der Waals surface area contributed by atoms with Crippen LogP contribution in [0.3, 0.4) is 0 Å². The molecule has 0 saturated heterocycles. The largest absolute Gasteiger partial charge is 0.354 e. The van der Waals surface area contributed by atoms with Crippen LogP contribution in [0.25, 0.3) is 11.4 Å². The van der Waals surface area contributed by atoms with E-state index in [2.05, 4.69) is 20.3 Å². The molecular weight excluding hydrogens is 378 g/mol. The first kappa shape index (κ1) is 18.3. The first-order valence-corrected chi connectivity index (χ1v) is 10.5. The zero-order valence-corrected chi connectivity index (χ0v) is 16.2. The summed E-state index contributed by atoms with van der Waals surface area (Å²) in [4.78, 5) is 24.7. The Labute approximate surface area is 162 Å². The predicted molar refractivity (Wildman–Crippen MR) is 106 cm³/mol. The Morgan fingerprint density at radius 1 is 1.14 bits per heavy atom. The Kier molecular flexibility index (Phi) is 4.48. The molecule has 1 aromatic carbocycles. The summed E-state index contributed by atoms with van der Waals surface area (Å²) >= 11 is 0. The lowest BCUT2D eigenvalue weighted by molar-refractivity contribution is 0.0950. The van der Waals surface area contributed by atoms with E-state index in [0.717, 1.165) is 16.2 Å². The third-order valence-electron chi connectivity index (χ3n) is 4.56. The summed E-state index contributed by atoms with van der Waals surface area (Å²) in [5.41, 5.74) is 3.68. The van der Waals surface area contributed by atoms with Crippen LogP contribution in [0.5, 0.6) is 0 Å². The highest BCUT2D eigenvalue weighted by atomic mass is 32.2. The molecule has 9 heteroatoms. The summed E-state index contributed by atoms with van der Waals surface area (Å²) in [7, 11) is -3.49. The standard InChI is InChI=1S/C19H19N5O3S/c1-12-20-9-8-14(21-12)18-19(22-13-6-4-3-5-7-13)17-15(23-18)10-24(11-16(17)25)28(2,26)27/h3-9,22-23H,10-11H2,1-2H3. The van der Waals surface area contributed by atoms with E-state index in [4.69, 9.17) is 0 Å². The van der Waals surface area contributed by atoms with E-state index in [-0.39, 0.29) is 18.9 Å². The third kappa shape index (κ3) is 3.41. The number of hydrogen-bond acceptors (Lipinski definition) is 6. The monoisotopic (exact) mass is 397 g/mol. The summed E-state index contributed by atoms with van der Waals surface area (Å²) in [6.45, 7) is 1.70. The average Bonchev–Trinajstić information content (AvgIpc) is 3.01. The maximum Gasteiger partial charge on any atom is 0.211 e. The van der Waals surface area contributed by atoms with Gasteiger partial charge in [0, 0.05) is 17.6 Å². The molecule has 2 N–H and O–H groups in total.